The van der Waals surface area contributed by atoms with Gasteiger partial charge in [0.1, 0.15) is 5.76 Å². The fraction of sp³-hybridized carbons (Fsp3) is 0.143. The van der Waals surface area contributed by atoms with Crippen LogP contribution in [-0.4, -0.2) is 22.9 Å². The molecule has 120 valence electrons. The molecule has 0 bridgehead atoms. The fourth-order valence-electron chi connectivity index (χ4n) is 1.69. The number of ether oxygens (including phenoxy) is 1. The van der Waals surface area contributed by atoms with Crippen LogP contribution >= 0.6 is 11.6 Å². The van der Waals surface area contributed by atoms with Gasteiger partial charge in [0.25, 0.3) is 11.6 Å². The quantitative estimate of drug-likeness (QED) is 0.507. The number of nitrogens with two attached hydrogens (primary N) is 1. The highest BCUT2D eigenvalue weighted by Gasteiger charge is 2.20. The highest BCUT2D eigenvalue weighted by molar-refractivity contribution is 6.33. The Morgan fingerprint density at radius 3 is 2.61 bits per heavy atom. The summed E-state index contributed by atoms with van der Waals surface area (Å²) in [5.41, 5.74) is 5.21. The molecule has 0 fully saturated rings. The molecule has 2 aromatic rings. The van der Waals surface area contributed by atoms with E-state index in [4.69, 9.17) is 26.5 Å². The average Bonchev–Trinajstić information content (AvgIpc) is 2.96. The van der Waals surface area contributed by atoms with Crippen molar-refractivity contribution in [2.24, 2.45) is 5.73 Å². The Hall–Kier alpha value is -2.87. The number of primary amides is 1. The lowest BCUT2D eigenvalue weighted by molar-refractivity contribution is -0.384. The van der Waals surface area contributed by atoms with E-state index in [1.807, 2.05) is 0 Å². The summed E-state index contributed by atoms with van der Waals surface area (Å²) in [7, 11) is 0. The molecule has 2 rings (SSSR count). The van der Waals surface area contributed by atoms with Crippen LogP contribution in [0, 0.1) is 10.1 Å². The van der Waals surface area contributed by atoms with Gasteiger partial charge >= 0.3 is 5.97 Å². The third-order valence-corrected chi connectivity index (χ3v) is 3.23. The monoisotopic (exact) mass is 338 g/mol. The van der Waals surface area contributed by atoms with E-state index in [9.17, 15) is 19.7 Å². The van der Waals surface area contributed by atoms with Crippen molar-refractivity contribution in [3.8, 4) is 11.3 Å². The number of esters is 1. The van der Waals surface area contributed by atoms with E-state index in [1.54, 1.807) is 0 Å². The number of nitrogens with zero attached hydrogens (tertiary/aromatic N) is 1. The van der Waals surface area contributed by atoms with E-state index in [0.717, 1.165) is 0 Å². The summed E-state index contributed by atoms with van der Waals surface area (Å²) in [6, 6.07) is 6.63. The highest BCUT2D eigenvalue weighted by atomic mass is 35.5. The molecule has 1 heterocycles. The summed E-state index contributed by atoms with van der Waals surface area (Å²) in [6.07, 6.45) is -1.10. The van der Waals surface area contributed by atoms with Gasteiger partial charge in [-0.25, -0.2) is 4.79 Å². The topological polar surface area (TPSA) is 126 Å². The van der Waals surface area contributed by atoms with Gasteiger partial charge in [-0.2, -0.15) is 0 Å². The van der Waals surface area contributed by atoms with Crippen LogP contribution in [0.2, 0.25) is 5.02 Å². The van der Waals surface area contributed by atoms with Crippen LogP contribution in [-0.2, 0) is 9.53 Å². The summed E-state index contributed by atoms with van der Waals surface area (Å²) in [5, 5.41) is 10.8. The molecule has 0 aliphatic rings. The number of hydrogen-bond acceptors (Lipinski definition) is 6. The predicted octanol–water partition coefficient (Wildman–Crippen LogP) is 2.54. The predicted molar refractivity (Wildman–Crippen MR) is 79.9 cm³/mol. The SMILES string of the molecule is CC(OC(=O)c1ccc(-c2ccc([N+](=O)[O-])cc2Cl)o1)C(N)=O. The van der Waals surface area contributed by atoms with Crippen molar-refractivity contribution in [1.29, 1.82) is 0 Å². The summed E-state index contributed by atoms with van der Waals surface area (Å²) < 4.78 is 10.1. The zero-order valence-corrected chi connectivity index (χ0v) is 12.6. The van der Waals surface area contributed by atoms with Crippen molar-refractivity contribution in [2.45, 2.75) is 13.0 Å². The maximum absolute atomic E-state index is 11.8. The minimum atomic E-state index is -1.10. The van der Waals surface area contributed by atoms with Crippen LogP contribution in [0.5, 0.6) is 0 Å². The van der Waals surface area contributed by atoms with E-state index in [1.165, 1.54) is 37.3 Å². The maximum Gasteiger partial charge on any atom is 0.375 e. The first-order chi connectivity index (χ1) is 10.8. The Morgan fingerprint density at radius 1 is 1.35 bits per heavy atom. The molecule has 2 N–H and O–H groups in total. The molecule has 8 nitrogen and oxygen atoms in total. The number of non-ortho nitro benzene ring substituents is 1. The lowest BCUT2D eigenvalue weighted by Crippen LogP contribution is -2.30. The van der Waals surface area contributed by atoms with Gasteiger partial charge in [-0.3, -0.25) is 14.9 Å². The molecule has 1 aromatic heterocycles. The van der Waals surface area contributed by atoms with Gasteiger partial charge in [0, 0.05) is 17.7 Å². The Balaban J connectivity index is 2.24. The van der Waals surface area contributed by atoms with Crippen LogP contribution in [0.3, 0.4) is 0 Å². The van der Waals surface area contributed by atoms with E-state index in [-0.39, 0.29) is 22.2 Å². The first-order valence-electron chi connectivity index (χ1n) is 6.34. The molecular formula is C14H11ClN2O6. The van der Waals surface area contributed by atoms with Gasteiger partial charge in [-0.05, 0) is 25.1 Å². The van der Waals surface area contributed by atoms with Crippen molar-refractivity contribution < 1.29 is 23.7 Å². The average molecular weight is 339 g/mol. The first kappa shape index (κ1) is 16.5. The van der Waals surface area contributed by atoms with Gasteiger partial charge in [-0.1, -0.05) is 11.6 Å². The molecule has 0 saturated carbocycles. The van der Waals surface area contributed by atoms with Crippen molar-refractivity contribution >= 4 is 29.2 Å². The van der Waals surface area contributed by atoms with Crippen LogP contribution < -0.4 is 5.73 Å². The minimum Gasteiger partial charge on any atom is -0.449 e. The van der Waals surface area contributed by atoms with Gasteiger partial charge in [0.2, 0.25) is 5.76 Å². The van der Waals surface area contributed by atoms with Crippen LogP contribution in [0.1, 0.15) is 17.5 Å². The number of rotatable bonds is 5. The number of furan rings is 1. The van der Waals surface area contributed by atoms with Crippen molar-refractivity contribution in [2.75, 3.05) is 0 Å². The van der Waals surface area contributed by atoms with E-state index < -0.39 is 22.9 Å². The number of benzene rings is 1. The Kier molecular flexibility index (Phi) is 4.65. The van der Waals surface area contributed by atoms with Crippen molar-refractivity contribution in [3.63, 3.8) is 0 Å². The number of amides is 1. The van der Waals surface area contributed by atoms with Crippen LogP contribution in [0.15, 0.2) is 34.7 Å². The molecule has 9 heteroatoms. The lowest BCUT2D eigenvalue weighted by atomic mass is 10.1. The number of carbonyl (C=O) groups excluding carboxylic acids is 2. The second-order valence-electron chi connectivity index (χ2n) is 4.54. The minimum absolute atomic E-state index is 0.0963. The molecule has 0 saturated heterocycles. The van der Waals surface area contributed by atoms with Gasteiger partial charge in [0.05, 0.1) is 9.95 Å². The third-order valence-electron chi connectivity index (χ3n) is 2.92. The van der Waals surface area contributed by atoms with Gasteiger partial charge in [0.15, 0.2) is 6.10 Å². The standard InChI is InChI=1S/C14H11ClN2O6/c1-7(13(16)18)22-14(19)12-5-4-11(23-12)9-3-2-8(17(20)21)6-10(9)15/h2-7H,1H3,(H2,16,18). The van der Waals surface area contributed by atoms with E-state index in [0.29, 0.717) is 5.56 Å². The largest absolute Gasteiger partial charge is 0.449 e. The normalized spacial score (nSPS) is 11.7. The van der Waals surface area contributed by atoms with Gasteiger partial charge < -0.3 is 14.9 Å². The van der Waals surface area contributed by atoms with Crippen LogP contribution in [0.25, 0.3) is 11.3 Å². The number of carbonyl (C=O) groups is 2. The molecule has 1 aromatic carbocycles. The lowest BCUT2D eigenvalue weighted by Gasteiger charge is -2.07. The third kappa shape index (κ3) is 3.67. The summed E-state index contributed by atoms with van der Waals surface area (Å²) >= 11 is 5.98. The Labute approximate surface area is 134 Å². The molecule has 0 aliphatic heterocycles. The molecular weight excluding hydrogens is 328 g/mol. The van der Waals surface area contributed by atoms with Crippen molar-refractivity contribution in [1.82, 2.24) is 0 Å². The second-order valence-corrected chi connectivity index (χ2v) is 4.94. The molecule has 0 aliphatic carbocycles. The van der Waals surface area contributed by atoms with E-state index >= 15 is 0 Å². The summed E-state index contributed by atoms with van der Waals surface area (Å²) in [4.78, 5) is 32.8. The van der Waals surface area contributed by atoms with Crippen molar-refractivity contribution in [3.05, 3.63) is 51.2 Å². The number of halogens is 1. The van der Waals surface area contributed by atoms with E-state index in [2.05, 4.69) is 0 Å². The second kappa shape index (κ2) is 6.49. The molecule has 1 atom stereocenters. The van der Waals surface area contributed by atoms with Gasteiger partial charge in [-0.15, -0.1) is 0 Å². The zero-order chi connectivity index (χ0) is 17.1. The first-order valence-corrected chi connectivity index (χ1v) is 6.72. The maximum atomic E-state index is 11.8. The number of nitro groups is 1. The molecule has 0 radical (unpaired) electrons. The summed E-state index contributed by atoms with van der Waals surface area (Å²) in [6.45, 7) is 1.33. The number of hydrogen-bond donors (Lipinski definition) is 1. The molecule has 23 heavy (non-hydrogen) atoms. The highest BCUT2D eigenvalue weighted by Crippen LogP contribution is 2.32. The zero-order valence-electron chi connectivity index (χ0n) is 11.8. The molecule has 1 unspecified atom stereocenters. The van der Waals surface area contributed by atoms with Crippen LogP contribution in [0.4, 0.5) is 5.69 Å². The smallest absolute Gasteiger partial charge is 0.375 e. The fourth-order valence-corrected chi connectivity index (χ4v) is 1.95. The summed E-state index contributed by atoms with van der Waals surface area (Å²) in [5.74, 6) is -1.57. The Bertz CT molecular complexity index is 785. The number of nitro benzene ring substituents is 1. The molecule has 0 spiro atoms. The Morgan fingerprint density at radius 2 is 2.04 bits per heavy atom. The molecule has 1 amide bonds.